The fraction of sp³-hybridized carbons (Fsp3) is 1.00. The number of hydrogen-bond acceptors (Lipinski definition) is 0. The molecule has 0 radical (unpaired) electrons. The Hall–Kier alpha value is 1.27. The molecule has 0 amide bonds. The molecule has 3 heteroatoms. The third-order valence-electron chi connectivity index (χ3n) is 0. The van der Waals surface area contributed by atoms with Crippen LogP contribution in [-0.4, -0.2) is 26.7 Å². The van der Waals surface area contributed by atoms with Gasteiger partial charge in [-0.05, 0) is 0 Å². The third-order valence-corrected chi connectivity index (χ3v) is 0. The van der Waals surface area contributed by atoms with Gasteiger partial charge in [0.2, 0.25) is 0 Å². The van der Waals surface area contributed by atoms with E-state index in [4.69, 9.17) is 0 Å². The van der Waals surface area contributed by atoms with Gasteiger partial charge in [-0.2, -0.15) is 0 Å². The zero-order valence-electron chi connectivity index (χ0n) is 4.59. The number of rotatable bonds is 0. The van der Waals surface area contributed by atoms with Crippen LogP contribution < -0.4 is 12.4 Å². The molecule has 6 heavy (non-hydrogen) atoms. The summed E-state index contributed by atoms with van der Waals surface area (Å²) in [6.45, 7) is 7.02. The molecule has 0 spiro atoms. The predicted octanol–water partition coefficient (Wildman–Crippen LogP) is -2.01. The Labute approximate surface area is 58.7 Å². The van der Waals surface area contributed by atoms with Gasteiger partial charge in [0.25, 0.3) is 0 Å². The van der Waals surface area contributed by atoms with Crippen LogP contribution in [0.4, 0.5) is 0 Å². The summed E-state index contributed by atoms with van der Waals surface area (Å²) in [6.07, 6.45) is 0. The molecule has 0 saturated heterocycles. The molecule has 0 atom stereocenters. The number of halogens is 1. The van der Waals surface area contributed by atoms with Crippen LogP contribution >= 0.6 is 0 Å². The molecular weight excluding hydrogens is 124 g/mol. The smallest absolute Gasteiger partial charge is 1.00 e. The molecule has 0 fully saturated rings. The van der Waals surface area contributed by atoms with E-state index in [0.717, 1.165) is 0 Å². The Bertz CT molecular complexity index is 26.3. The second-order valence-electron chi connectivity index (χ2n) is 2.56. The van der Waals surface area contributed by atoms with Crippen LogP contribution in [-0.2, 0) is 0 Å². The van der Waals surface area contributed by atoms with Gasteiger partial charge >= 0.3 is 46.3 Å². The van der Waals surface area contributed by atoms with Crippen LogP contribution in [0.2, 0.25) is 19.6 Å². The molecule has 0 aliphatic carbocycles. The van der Waals surface area contributed by atoms with Crippen LogP contribution in [0.5, 0.6) is 0 Å². The van der Waals surface area contributed by atoms with Gasteiger partial charge in [-0.25, -0.2) is 0 Å². The zero-order chi connectivity index (χ0) is 4.50. The fourth-order valence-corrected chi connectivity index (χ4v) is 0. The van der Waals surface area contributed by atoms with Crippen LogP contribution in [0.15, 0.2) is 0 Å². The maximum absolute atomic E-state index is 2.34. The predicted molar refractivity (Wildman–Crippen MR) is 29.1 cm³/mol. The van der Waals surface area contributed by atoms with Gasteiger partial charge in [0.05, 0.1) is 0 Å². The standard InChI is InChI=1S/C3H9Si.ClH.Mg/c1-4(2)3;;/h1-3H3;1H;/q;;+1/p-1. The van der Waals surface area contributed by atoms with Crippen molar-refractivity contribution in [2.24, 2.45) is 0 Å². The van der Waals surface area contributed by atoms with Crippen molar-refractivity contribution < 1.29 is 12.4 Å². The molecular formula is C3H9ClMgSi. The summed E-state index contributed by atoms with van der Waals surface area (Å²) in [5.41, 5.74) is -0.583. The molecule has 0 aromatic rings. The Morgan fingerprint density at radius 2 is 1.17 bits per heavy atom. The van der Waals surface area contributed by atoms with Gasteiger partial charge in [-0.3, -0.25) is 0 Å². The van der Waals surface area contributed by atoms with Gasteiger partial charge in [0, 0.05) is 0 Å². The summed E-state index contributed by atoms with van der Waals surface area (Å²) >= 11 is 2.15. The third kappa shape index (κ3) is 59.4. The molecule has 0 nitrogen and oxygen atoms in total. The van der Waals surface area contributed by atoms with Crippen molar-refractivity contribution in [2.45, 2.75) is 19.6 Å². The molecule has 0 unspecified atom stereocenters. The molecule has 0 aliphatic heterocycles. The van der Waals surface area contributed by atoms with E-state index in [-0.39, 0.29) is 12.4 Å². The summed E-state index contributed by atoms with van der Waals surface area (Å²) in [5.74, 6) is 0. The van der Waals surface area contributed by atoms with Gasteiger partial charge in [-0.1, -0.05) is 0 Å². The van der Waals surface area contributed by atoms with E-state index < -0.39 is 5.72 Å². The zero-order valence-corrected chi connectivity index (χ0v) is 7.76. The van der Waals surface area contributed by atoms with Gasteiger partial charge in [0.15, 0.2) is 0 Å². The van der Waals surface area contributed by atoms with E-state index in [1.807, 2.05) is 0 Å². The minimum atomic E-state index is -0.583. The van der Waals surface area contributed by atoms with E-state index in [1.54, 1.807) is 0 Å². The topological polar surface area (TPSA) is 0 Å². The molecule has 0 heterocycles. The van der Waals surface area contributed by atoms with E-state index >= 15 is 0 Å². The second kappa shape index (κ2) is 3.30. The quantitative estimate of drug-likeness (QED) is 0.335. The van der Waals surface area contributed by atoms with Gasteiger partial charge < -0.3 is 12.4 Å². The van der Waals surface area contributed by atoms with Crippen LogP contribution in [0, 0.1) is 0 Å². The first-order valence-electron chi connectivity index (χ1n) is 1.85. The van der Waals surface area contributed by atoms with E-state index in [2.05, 4.69) is 40.6 Å². The Kier molecular flexibility index (Phi) is 5.66. The molecule has 0 N–H and O–H groups in total. The maximum Gasteiger partial charge on any atom is -1.00 e. The molecule has 0 saturated carbocycles. The van der Waals surface area contributed by atoms with Crippen molar-refractivity contribution in [3.05, 3.63) is 0 Å². The molecule has 0 bridgehead atoms. The molecule has 0 aromatic carbocycles. The van der Waals surface area contributed by atoms with Crippen molar-refractivity contribution in [3.8, 4) is 0 Å². The van der Waals surface area contributed by atoms with Crippen molar-refractivity contribution >= 4 is 26.7 Å². The Morgan fingerprint density at radius 3 is 1.17 bits per heavy atom. The van der Waals surface area contributed by atoms with Crippen LogP contribution in [0.25, 0.3) is 0 Å². The minimum absolute atomic E-state index is 0. The van der Waals surface area contributed by atoms with Gasteiger partial charge in [-0.15, -0.1) is 0 Å². The van der Waals surface area contributed by atoms with Crippen molar-refractivity contribution in [2.75, 3.05) is 0 Å². The SMILES string of the molecule is C[Si](C)(C)[Mg+].[Cl-]. The van der Waals surface area contributed by atoms with Crippen LogP contribution in [0.3, 0.4) is 0 Å². The molecule has 0 rings (SSSR count). The van der Waals surface area contributed by atoms with E-state index in [1.165, 1.54) is 0 Å². The van der Waals surface area contributed by atoms with Crippen molar-refractivity contribution in [3.63, 3.8) is 0 Å². The summed E-state index contributed by atoms with van der Waals surface area (Å²) < 4.78 is 0. The fourth-order valence-electron chi connectivity index (χ4n) is 0. The van der Waals surface area contributed by atoms with Crippen molar-refractivity contribution in [1.29, 1.82) is 0 Å². The first-order chi connectivity index (χ1) is 2.00. The van der Waals surface area contributed by atoms with E-state index in [9.17, 15) is 0 Å². The minimum Gasteiger partial charge on any atom is -1.00 e. The number of hydrogen-bond donors (Lipinski definition) is 0. The molecule has 34 valence electrons. The summed E-state index contributed by atoms with van der Waals surface area (Å²) in [5, 5.41) is 0. The van der Waals surface area contributed by atoms with Crippen molar-refractivity contribution in [1.82, 2.24) is 0 Å². The Balaban J connectivity index is 0. The average Bonchev–Trinajstić information content (AvgIpc) is 0.722. The Morgan fingerprint density at radius 1 is 1.17 bits per heavy atom. The first-order valence-corrected chi connectivity index (χ1v) is 7.68. The first kappa shape index (κ1) is 10.3. The average molecular weight is 133 g/mol. The van der Waals surface area contributed by atoms with Crippen LogP contribution in [0.1, 0.15) is 0 Å². The monoisotopic (exact) mass is 132 g/mol. The van der Waals surface area contributed by atoms with Gasteiger partial charge in [0.1, 0.15) is 0 Å². The summed E-state index contributed by atoms with van der Waals surface area (Å²) in [6, 6.07) is 0. The van der Waals surface area contributed by atoms with E-state index in [0.29, 0.717) is 0 Å². The summed E-state index contributed by atoms with van der Waals surface area (Å²) in [7, 11) is 0. The molecule has 0 aromatic heterocycles. The summed E-state index contributed by atoms with van der Waals surface area (Å²) in [4.78, 5) is 0. The largest absolute Gasteiger partial charge is 1.00 e. The molecule has 0 aliphatic rings. The normalized spacial score (nSPS) is 10.2. The second-order valence-corrected chi connectivity index (χ2v) is 14.0. The maximum atomic E-state index is 2.34.